The van der Waals surface area contributed by atoms with Crippen molar-refractivity contribution in [2.75, 3.05) is 7.05 Å². The maximum atomic E-state index is 13.8. The van der Waals surface area contributed by atoms with E-state index in [4.69, 9.17) is 0 Å². The first-order valence-electron chi connectivity index (χ1n) is 7.11. The zero-order valence-electron chi connectivity index (χ0n) is 12.3. The Morgan fingerprint density at radius 2 is 2.00 bits per heavy atom. The zero-order valence-corrected chi connectivity index (χ0v) is 12.3. The summed E-state index contributed by atoms with van der Waals surface area (Å²) in [7, 11) is 1.59. The van der Waals surface area contributed by atoms with Gasteiger partial charge in [-0.3, -0.25) is 9.59 Å². The summed E-state index contributed by atoms with van der Waals surface area (Å²) in [4.78, 5) is 25.1. The standard InChI is InChI=1S/C16H20FNO3/c1-11(12-6-3-4-7-13(12)17)18(2)14(19)10-16(15(20)21)8-5-9-16/h3-4,6-7,11H,5,8-10H2,1-2H3,(H,20,21). The molecular weight excluding hydrogens is 273 g/mol. The molecule has 0 aromatic heterocycles. The van der Waals surface area contributed by atoms with Crippen molar-refractivity contribution >= 4 is 11.9 Å². The van der Waals surface area contributed by atoms with Gasteiger partial charge < -0.3 is 10.0 Å². The highest BCUT2D eigenvalue weighted by molar-refractivity contribution is 5.85. The number of hydrogen-bond acceptors (Lipinski definition) is 2. The van der Waals surface area contributed by atoms with Gasteiger partial charge in [-0.25, -0.2) is 4.39 Å². The lowest BCUT2D eigenvalue weighted by Gasteiger charge is -2.38. The van der Waals surface area contributed by atoms with Gasteiger partial charge in [-0.2, -0.15) is 0 Å². The van der Waals surface area contributed by atoms with Gasteiger partial charge >= 0.3 is 5.97 Å². The normalized spacial score (nSPS) is 17.7. The van der Waals surface area contributed by atoms with Crippen LogP contribution in [0.1, 0.15) is 44.2 Å². The summed E-state index contributed by atoms with van der Waals surface area (Å²) in [5, 5.41) is 9.28. The first-order valence-corrected chi connectivity index (χ1v) is 7.11. The molecule has 21 heavy (non-hydrogen) atoms. The number of benzene rings is 1. The third-order valence-electron chi connectivity index (χ3n) is 4.58. The molecule has 1 N–H and O–H groups in total. The number of rotatable bonds is 5. The number of hydrogen-bond donors (Lipinski definition) is 1. The van der Waals surface area contributed by atoms with Crippen molar-refractivity contribution in [3.63, 3.8) is 0 Å². The van der Waals surface area contributed by atoms with Crippen molar-refractivity contribution in [3.8, 4) is 0 Å². The number of carboxylic acid groups (broad SMARTS) is 1. The van der Waals surface area contributed by atoms with E-state index < -0.39 is 17.4 Å². The number of carbonyl (C=O) groups is 2. The van der Waals surface area contributed by atoms with E-state index in [1.807, 2.05) is 0 Å². The molecule has 1 aliphatic rings. The molecule has 1 atom stereocenters. The number of carbonyl (C=O) groups excluding carboxylic acids is 1. The lowest BCUT2D eigenvalue weighted by atomic mass is 9.66. The van der Waals surface area contributed by atoms with Gasteiger partial charge in [0.15, 0.2) is 0 Å². The van der Waals surface area contributed by atoms with Gasteiger partial charge in [0.05, 0.1) is 11.5 Å². The van der Waals surface area contributed by atoms with E-state index in [1.165, 1.54) is 11.0 Å². The highest BCUT2D eigenvalue weighted by Crippen LogP contribution is 2.44. The molecule has 1 amide bonds. The SMILES string of the molecule is CC(c1ccccc1F)N(C)C(=O)CC1(C(=O)O)CCC1. The van der Waals surface area contributed by atoms with Gasteiger partial charge in [0.2, 0.25) is 5.91 Å². The smallest absolute Gasteiger partial charge is 0.310 e. The fourth-order valence-electron chi connectivity index (χ4n) is 2.72. The molecule has 0 bridgehead atoms. The molecule has 5 heteroatoms. The molecule has 0 spiro atoms. The van der Waals surface area contributed by atoms with Crippen LogP contribution in [0.4, 0.5) is 4.39 Å². The van der Waals surface area contributed by atoms with E-state index in [0.29, 0.717) is 18.4 Å². The first kappa shape index (κ1) is 15.5. The second-order valence-electron chi connectivity index (χ2n) is 5.82. The van der Waals surface area contributed by atoms with Crippen molar-refractivity contribution in [2.24, 2.45) is 5.41 Å². The summed E-state index contributed by atoms with van der Waals surface area (Å²) in [6.07, 6.45) is 1.90. The van der Waals surface area contributed by atoms with Crippen LogP contribution in [0.15, 0.2) is 24.3 Å². The molecule has 1 aromatic carbocycles. The van der Waals surface area contributed by atoms with Gasteiger partial charge in [0, 0.05) is 19.0 Å². The van der Waals surface area contributed by atoms with Crippen molar-refractivity contribution in [1.82, 2.24) is 4.90 Å². The Morgan fingerprint density at radius 1 is 1.38 bits per heavy atom. The summed E-state index contributed by atoms with van der Waals surface area (Å²) in [6.45, 7) is 1.74. The minimum Gasteiger partial charge on any atom is -0.481 e. The molecule has 0 saturated heterocycles. The van der Waals surface area contributed by atoms with Gasteiger partial charge in [0.25, 0.3) is 0 Å². The lowest BCUT2D eigenvalue weighted by molar-refractivity contribution is -0.159. The number of aliphatic carboxylic acids is 1. The number of nitrogens with zero attached hydrogens (tertiary/aromatic N) is 1. The second kappa shape index (κ2) is 5.84. The molecule has 0 heterocycles. The van der Waals surface area contributed by atoms with Crippen LogP contribution in [0.25, 0.3) is 0 Å². The number of amides is 1. The average Bonchev–Trinajstić information content (AvgIpc) is 2.41. The van der Waals surface area contributed by atoms with Crippen LogP contribution in [-0.4, -0.2) is 28.9 Å². The topological polar surface area (TPSA) is 57.6 Å². The fraction of sp³-hybridized carbons (Fsp3) is 0.500. The Labute approximate surface area is 123 Å². The third-order valence-corrected chi connectivity index (χ3v) is 4.58. The van der Waals surface area contributed by atoms with Crippen molar-refractivity contribution in [1.29, 1.82) is 0 Å². The van der Waals surface area contributed by atoms with E-state index in [2.05, 4.69) is 0 Å². The molecule has 114 valence electrons. The third kappa shape index (κ3) is 2.91. The van der Waals surface area contributed by atoms with Crippen LogP contribution < -0.4 is 0 Å². The molecule has 0 radical (unpaired) electrons. The first-order chi connectivity index (χ1) is 9.87. The molecular formula is C16H20FNO3. The highest BCUT2D eigenvalue weighted by Gasteiger charge is 2.46. The maximum absolute atomic E-state index is 13.8. The minimum absolute atomic E-state index is 0.0162. The molecule has 1 aromatic rings. The fourth-order valence-corrected chi connectivity index (χ4v) is 2.72. The Morgan fingerprint density at radius 3 is 2.48 bits per heavy atom. The van der Waals surface area contributed by atoms with Crippen LogP contribution in [-0.2, 0) is 9.59 Å². The van der Waals surface area contributed by atoms with Gasteiger partial charge in [-0.1, -0.05) is 24.6 Å². The van der Waals surface area contributed by atoms with E-state index in [-0.39, 0.29) is 18.1 Å². The molecule has 1 fully saturated rings. The van der Waals surface area contributed by atoms with E-state index in [1.54, 1.807) is 32.2 Å². The molecule has 1 unspecified atom stereocenters. The monoisotopic (exact) mass is 293 g/mol. The molecule has 1 saturated carbocycles. The van der Waals surface area contributed by atoms with Crippen LogP contribution in [0.5, 0.6) is 0 Å². The summed E-state index contributed by atoms with van der Waals surface area (Å²) >= 11 is 0. The summed E-state index contributed by atoms with van der Waals surface area (Å²) < 4.78 is 13.8. The van der Waals surface area contributed by atoms with Crippen LogP contribution in [0, 0.1) is 11.2 Å². The molecule has 1 aliphatic carbocycles. The van der Waals surface area contributed by atoms with E-state index in [0.717, 1.165) is 6.42 Å². The highest BCUT2D eigenvalue weighted by atomic mass is 19.1. The zero-order chi connectivity index (χ0) is 15.6. The maximum Gasteiger partial charge on any atom is 0.310 e. The van der Waals surface area contributed by atoms with Crippen LogP contribution in [0.2, 0.25) is 0 Å². The van der Waals surface area contributed by atoms with Crippen molar-refractivity contribution in [3.05, 3.63) is 35.6 Å². The van der Waals surface area contributed by atoms with E-state index >= 15 is 0 Å². The van der Waals surface area contributed by atoms with Crippen LogP contribution in [0.3, 0.4) is 0 Å². The Kier molecular flexibility index (Phi) is 4.30. The Balaban J connectivity index is 2.09. The molecule has 4 nitrogen and oxygen atoms in total. The quantitative estimate of drug-likeness (QED) is 0.908. The van der Waals surface area contributed by atoms with E-state index in [9.17, 15) is 19.1 Å². The van der Waals surface area contributed by atoms with Crippen molar-refractivity contribution < 1.29 is 19.1 Å². The van der Waals surface area contributed by atoms with Gasteiger partial charge in [-0.05, 0) is 25.8 Å². The largest absolute Gasteiger partial charge is 0.481 e. The lowest BCUT2D eigenvalue weighted by Crippen LogP contribution is -2.43. The molecule has 2 rings (SSSR count). The molecule has 0 aliphatic heterocycles. The van der Waals surface area contributed by atoms with Crippen molar-refractivity contribution in [2.45, 2.75) is 38.6 Å². The predicted molar refractivity (Wildman–Crippen MR) is 76.1 cm³/mol. The summed E-state index contributed by atoms with van der Waals surface area (Å²) in [6, 6.07) is 5.89. The summed E-state index contributed by atoms with van der Waals surface area (Å²) in [5.74, 6) is -1.52. The van der Waals surface area contributed by atoms with Gasteiger partial charge in [0.1, 0.15) is 5.82 Å². The average molecular weight is 293 g/mol. The Bertz CT molecular complexity index is 554. The van der Waals surface area contributed by atoms with Gasteiger partial charge in [-0.15, -0.1) is 0 Å². The predicted octanol–water partition coefficient (Wildman–Crippen LogP) is 2.99. The summed E-state index contributed by atoms with van der Waals surface area (Å²) in [5.41, 5.74) is -0.480. The number of carboxylic acids is 1. The number of halogens is 1. The van der Waals surface area contributed by atoms with Crippen LogP contribution >= 0.6 is 0 Å². The minimum atomic E-state index is -0.916. The Hall–Kier alpha value is -1.91. The second-order valence-corrected chi connectivity index (χ2v) is 5.82.